The molecule has 1 fully saturated rings. The molecule has 1 aromatic heterocycles. The van der Waals surface area contributed by atoms with Crippen LogP contribution in [0.1, 0.15) is 45.9 Å². The number of carbonyl (C=O) groups excluding carboxylic acids is 1. The fourth-order valence-electron chi connectivity index (χ4n) is 2.59. The molecule has 0 atom stereocenters. The first-order valence-electron chi connectivity index (χ1n) is 7.27. The van der Waals surface area contributed by atoms with Gasteiger partial charge in [-0.05, 0) is 50.5 Å². The first-order valence-corrected chi connectivity index (χ1v) is 8.81. The van der Waals surface area contributed by atoms with Crippen LogP contribution in [0.3, 0.4) is 0 Å². The Labute approximate surface area is 134 Å². The third-order valence-electron chi connectivity index (χ3n) is 4.01. The topological polar surface area (TPSA) is 118 Å². The number of nitrogens with one attached hydrogen (secondary N) is 2. The van der Waals surface area contributed by atoms with Gasteiger partial charge in [0, 0.05) is 22.7 Å². The number of hydrogen-bond donors (Lipinski definition) is 3. The van der Waals surface area contributed by atoms with Gasteiger partial charge in [-0.2, -0.15) is 5.10 Å². The van der Waals surface area contributed by atoms with Crippen molar-refractivity contribution in [1.29, 1.82) is 0 Å². The number of aromatic amines is 1. The lowest BCUT2D eigenvalue weighted by molar-refractivity contribution is 0.102. The largest absolute Gasteiger partial charge is 0.305 e. The zero-order valence-electron chi connectivity index (χ0n) is 12.9. The molecule has 8 heteroatoms. The normalized spacial score (nSPS) is 14.7. The lowest BCUT2D eigenvalue weighted by atomic mass is 10.1. The number of aromatic nitrogens is 2. The summed E-state index contributed by atoms with van der Waals surface area (Å²) < 4.78 is 22.8. The van der Waals surface area contributed by atoms with Crippen LogP contribution in [-0.2, 0) is 10.0 Å². The minimum absolute atomic E-state index is 0.0148. The predicted molar refractivity (Wildman–Crippen MR) is 85.8 cm³/mol. The summed E-state index contributed by atoms with van der Waals surface area (Å²) in [6, 6.07) is 4.28. The molecular formula is C15H18N4O3S. The number of H-pyrrole nitrogens is 1. The van der Waals surface area contributed by atoms with E-state index in [0.717, 1.165) is 24.1 Å². The maximum atomic E-state index is 12.3. The van der Waals surface area contributed by atoms with E-state index in [1.165, 1.54) is 18.2 Å². The van der Waals surface area contributed by atoms with Crippen LogP contribution in [0.15, 0.2) is 23.1 Å². The maximum Gasteiger partial charge on any atom is 0.256 e. The lowest BCUT2D eigenvalue weighted by Gasteiger charge is -2.07. The zero-order chi connectivity index (χ0) is 16.8. The van der Waals surface area contributed by atoms with Gasteiger partial charge in [-0.3, -0.25) is 9.89 Å². The van der Waals surface area contributed by atoms with E-state index >= 15 is 0 Å². The van der Waals surface area contributed by atoms with Crippen molar-refractivity contribution in [2.45, 2.75) is 37.5 Å². The number of primary sulfonamides is 1. The number of nitrogens with two attached hydrogens (primary N) is 1. The Kier molecular flexibility index (Phi) is 3.73. The van der Waals surface area contributed by atoms with Gasteiger partial charge in [-0.15, -0.1) is 0 Å². The maximum absolute atomic E-state index is 12.3. The molecule has 0 bridgehead atoms. The van der Waals surface area contributed by atoms with Crippen LogP contribution in [0.25, 0.3) is 0 Å². The molecule has 23 heavy (non-hydrogen) atoms. The van der Waals surface area contributed by atoms with Gasteiger partial charge in [0.25, 0.3) is 5.91 Å². The van der Waals surface area contributed by atoms with Gasteiger partial charge in [-0.1, -0.05) is 0 Å². The summed E-state index contributed by atoms with van der Waals surface area (Å²) in [4.78, 5) is 12.3. The molecule has 0 spiro atoms. The van der Waals surface area contributed by atoms with E-state index in [0.29, 0.717) is 22.9 Å². The van der Waals surface area contributed by atoms with E-state index in [2.05, 4.69) is 15.5 Å². The van der Waals surface area contributed by atoms with Gasteiger partial charge in [0.1, 0.15) is 0 Å². The lowest BCUT2D eigenvalue weighted by Crippen LogP contribution is -2.16. The van der Waals surface area contributed by atoms with Crippen LogP contribution in [0, 0.1) is 13.8 Å². The molecule has 0 radical (unpaired) electrons. The summed E-state index contributed by atoms with van der Waals surface area (Å²) in [5.41, 5.74) is 2.79. The first-order chi connectivity index (χ1) is 10.8. The van der Waals surface area contributed by atoms with E-state index in [4.69, 9.17) is 5.14 Å². The quantitative estimate of drug-likeness (QED) is 0.790. The second kappa shape index (κ2) is 5.47. The van der Waals surface area contributed by atoms with Gasteiger partial charge >= 0.3 is 0 Å². The number of anilines is 1. The van der Waals surface area contributed by atoms with E-state index in [-0.39, 0.29) is 10.8 Å². The van der Waals surface area contributed by atoms with Gasteiger partial charge < -0.3 is 5.32 Å². The third kappa shape index (κ3) is 3.13. The van der Waals surface area contributed by atoms with Crippen molar-refractivity contribution in [2.24, 2.45) is 5.14 Å². The molecule has 122 valence electrons. The van der Waals surface area contributed by atoms with Crippen LogP contribution >= 0.6 is 0 Å². The van der Waals surface area contributed by atoms with Gasteiger partial charge in [0.15, 0.2) is 5.82 Å². The number of rotatable bonds is 4. The Morgan fingerprint density at radius 3 is 2.61 bits per heavy atom. The summed E-state index contributed by atoms with van der Waals surface area (Å²) in [7, 11) is -3.79. The van der Waals surface area contributed by atoms with Crippen molar-refractivity contribution in [3.05, 3.63) is 40.6 Å². The summed E-state index contributed by atoms with van der Waals surface area (Å²) >= 11 is 0. The number of aryl methyl sites for hydroxylation is 1. The monoisotopic (exact) mass is 334 g/mol. The molecule has 1 aliphatic carbocycles. The van der Waals surface area contributed by atoms with E-state index in [9.17, 15) is 13.2 Å². The minimum Gasteiger partial charge on any atom is -0.305 e. The molecule has 4 N–H and O–H groups in total. The first kappa shape index (κ1) is 15.7. The molecule has 0 saturated heterocycles. The molecule has 3 rings (SSSR count). The third-order valence-corrected chi connectivity index (χ3v) is 5.08. The summed E-state index contributed by atoms with van der Waals surface area (Å²) in [5.74, 6) is 0.681. The average molecular weight is 334 g/mol. The number of sulfonamides is 1. The highest BCUT2D eigenvalue weighted by Gasteiger charge is 2.28. The summed E-state index contributed by atoms with van der Waals surface area (Å²) in [6.45, 7) is 3.52. The number of benzene rings is 1. The second-order valence-corrected chi connectivity index (χ2v) is 7.39. The molecule has 0 aliphatic heterocycles. The Morgan fingerprint density at radius 2 is 2.04 bits per heavy atom. The Morgan fingerprint density at radius 1 is 1.35 bits per heavy atom. The smallest absolute Gasteiger partial charge is 0.256 e. The van der Waals surface area contributed by atoms with Crippen molar-refractivity contribution >= 4 is 21.7 Å². The fraction of sp³-hybridized carbons (Fsp3) is 0.333. The van der Waals surface area contributed by atoms with Crippen molar-refractivity contribution in [3.63, 3.8) is 0 Å². The number of carbonyl (C=O) groups is 1. The Hall–Kier alpha value is -2.19. The van der Waals surface area contributed by atoms with E-state index < -0.39 is 10.0 Å². The highest BCUT2D eigenvalue weighted by atomic mass is 32.2. The SMILES string of the molecule is Cc1cc(C(=O)Nc2n[nH]c(C3CC3)c2C)ccc1S(N)(=O)=O. The number of hydrogen-bond acceptors (Lipinski definition) is 4. The van der Waals surface area contributed by atoms with Gasteiger partial charge in [0.2, 0.25) is 10.0 Å². The van der Waals surface area contributed by atoms with Crippen LogP contribution in [0.5, 0.6) is 0 Å². The zero-order valence-corrected chi connectivity index (χ0v) is 13.7. The van der Waals surface area contributed by atoms with Crippen LogP contribution in [0.4, 0.5) is 5.82 Å². The molecule has 1 aromatic carbocycles. The van der Waals surface area contributed by atoms with Crippen LogP contribution in [0.2, 0.25) is 0 Å². The number of nitrogens with zero attached hydrogens (tertiary/aromatic N) is 1. The van der Waals surface area contributed by atoms with Crippen LogP contribution < -0.4 is 10.5 Å². The molecule has 1 saturated carbocycles. The van der Waals surface area contributed by atoms with Crippen molar-refractivity contribution < 1.29 is 13.2 Å². The summed E-state index contributed by atoms with van der Waals surface area (Å²) in [6.07, 6.45) is 2.29. The highest BCUT2D eigenvalue weighted by Crippen LogP contribution is 2.41. The minimum atomic E-state index is -3.79. The van der Waals surface area contributed by atoms with E-state index in [1.54, 1.807) is 6.92 Å². The molecule has 1 heterocycles. The van der Waals surface area contributed by atoms with Gasteiger partial charge in [0.05, 0.1) is 4.90 Å². The summed E-state index contributed by atoms with van der Waals surface area (Å²) in [5, 5.41) is 15.0. The van der Waals surface area contributed by atoms with Gasteiger partial charge in [-0.25, -0.2) is 13.6 Å². The molecule has 0 unspecified atom stereocenters. The number of amides is 1. The van der Waals surface area contributed by atoms with Crippen molar-refractivity contribution in [3.8, 4) is 0 Å². The Balaban J connectivity index is 1.82. The average Bonchev–Trinajstić information content (AvgIpc) is 3.23. The highest BCUT2D eigenvalue weighted by molar-refractivity contribution is 7.89. The van der Waals surface area contributed by atoms with Crippen molar-refractivity contribution in [1.82, 2.24) is 10.2 Å². The molecule has 2 aromatic rings. The van der Waals surface area contributed by atoms with E-state index in [1.807, 2.05) is 6.92 Å². The molecule has 1 aliphatic rings. The molecule has 7 nitrogen and oxygen atoms in total. The second-order valence-electron chi connectivity index (χ2n) is 5.86. The van der Waals surface area contributed by atoms with Crippen LogP contribution in [-0.4, -0.2) is 24.5 Å². The van der Waals surface area contributed by atoms with Crippen molar-refractivity contribution in [2.75, 3.05) is 5.32 Å². The fourth-order valence-corrected chi connectivity index (χ4v) is 3.36. The molecular weight excluding hydrogens is 316 g/mol. The molecule has 1 amide bonds. The standard InChI is InChI=1S/C15H18N4O3S/c1-8-7-11(5-6-12(8)23(16,21)22)15(20)17-14-9(2)13(18-19-14)10-3-4-10/h5-7,10H,3-4H2,1-2H3,(H2,16,21,22)(H2,17,18,19,20). The predicted octanol–water partition coefficient (Wildman–Crippen LogP) is 1.80. The Bertz CT molecular complexity index is 882.